The number of amides is 2. The van der Waals surface area contributed by atoms with E-state index in [2.05, 4.69) is 15.4 Å². The first-order chi connectivity index (χ1) is 13.0. The Morgan fingerprint density at radius 2 is 1.89 bits per heavy atom. The first-order valence-electron chi connectivity index (χ1n) is 9.95. The van der Waals surface area contributed by atoms with Crippen LogP contribution in [0.4, 0.5) is 0 Å². The van der Waals surface area contributed by atoms with E-state index in [0.29, 0.717) is 30.3 Å². The number of nitrogens with one attached hydrogen (secondary N) is 1. The summed E-state index contributed by atoms with van der Waals surface area (Å²) in [7, 11) is 0. The normalized spacial score (nSPS) is 21.6. The molecule has 0 aromatic carbocycles. The maximum atomic E-state index is 12.7. The van der Waals surface area contributed by atoms with Gasteiger partial charge in [0.05, 0.1) is 11.7 Å². The van der Waals surface area contributed by atoms with Crippen LogP contribution < -0.4 is 5.32 Å². The highest BCUT2D eigenvalue weighted by Gasteiger charge is 2.35. The van der Waals surface area contributed by atoms with Crippen molar-refractivity contribution < 1.29 is 9.59 Å². The van der Waals surface area contributed by atoms with Crippen LogP contribution in [0.15, 0.2) is 12.1 Å². The second-order valence-electron chi connectivity index (χ2n) is 7.90. The lowest BCUT2D eigenvalue weighted by Gasteiger charge is -2.27. The molecule has 1 saturated heterocycles. The van der Waals surface area contributed by atoms with Gasteiger partial charge in [0.15, 0.2) is 5.65 Å². The van der Waals surface area contributed by atoms with E-state index in [9.17, 15) is 9.59 Å². The second-order valence-corrected chi connectivity index (χ2v) is 7.90. The van der Waals surface area contributed by atoms with Crippen molar-refractivity contribution in [3.05, 3.63) is 29.2 Å². The molecule has 1 saturated carbocycles. The molecule has 7 nitrogen and oxygen atoms in total. The molecule has 1 N–H and O–H groups in total. The molecule has 1 aliphatic heterocycles. The first kappa shape index (κ1) is 17.9. The lowest BCUT2D eigenvalue weighted by atomic mass is 10.1. The van der Waals surface area contributed by atoms with Crippen molar-refractivity contribution in [2.45, 2.75) is 70.9 Å². The lowest BCUT2D eigenvalue weighted by Crippen LogP contribution is -2.40. The monoisotopic (exact) mass is 369 g/mol. The first-order valence-corrected chi connectivity index (χ1v) is 9.95. The molecule has 2 aromatic heterocycles. The molecule has 4 rings (SSSR count). The van der Waals surface area contributed by atoms with Crippen molar-refractivity contribution >= 4 is 17.5 Å². The molecule has 0 spiro atoms. The van der Waals surface area contributed by atoms with Crippen molar-refractivity contribution in [2.75, 3.05) is 6.54 Å². The summed E-state index contributed by atoms with van der Waals surface area (Å²) in [6, 6.07) is 3.80. The topological polar surface area (TPSA) is 79.6 Å². The summed E-state index contributed by atoms with van der Waals surface area (Å²) in [5.74, 6) is -0.0572. The summed E-state index contributed by atoms with van der Waals surface area (Å²) in [5, 5.41) is 7.38. The van der Waals surface area contributed by atoms with Crippen LogP contribution in [0.25, 0.3) is 5.65 Å². The van der Waals surface area contributed by atoms with E-state index in [-0.39, 0.29) is 17.9 Å². The highest BCUT2D eigenvalue weighted by atomic mass is 16.2. The molecule has 2 aromatic rings. The predicted molar refractivity (Wildman–Crippen MR) is 102 cm³/mol. The fourth-order valence-corrected chi connectivity index (χ4v) is 4.37. The van der Waals surface area contributed by atoms with Crippen LogP contribution in [-0.2, 0) is 4.79 Å². The third-order valence-corrected chi connectivity index (χ3v) is 5.72. The largest absolute Gasteiger partial charge is 0.346 e. The van der Waals surface area contributed by atoms with Crippen LogP contribution in [0.5, 0.6) is 0 Å². The molecular formula is C20H27N5O2. The standard InChI is InChI=1S/C20H27N5O2/c1-13-9-18-22-17(10-14(2)25(18)23-13)20(27)21-15-11-19(26)24(12-15)16-7-5-3-4-6-8-16/h9-10,15-16H,3-8,11-12H2,1-2H3,(H,21,27)/t15-/m1/s1. The third kappa shape index (κ3) is 3.68. The maximum absolute atomic E-state index is 12.7. The zero-order valence-corrected chi connectivity index (χ0v) is 16.1. The summed E-state index contributed by atoms with van der Waals surface area (Å²) in [6.45, 7) is 4.42. The van der Waals surface area contributed by atoms with E-state index in [1.807, 2.05) is 24.8 Å². The van der Waals surface area contributed by atoms with Gasteiger partial charge in [0.1, 0.15) is 5.69 Å². The fourth-order valence-electron chi connectivity index (χ4n) is 4.37. The summed E-state index contributed by atoms with van der Waals surface area (Å²) >= 11 is 0. The molecule has 2 fully saturated rings. The number of carbonyl (C=O) groups excluding carboxylic acids is 2. The molecule has 0 bridgehead atoms. The molecule has 7 heteroatoms. The zero-order valence-electron chi connectivity index (χ0n) is 16.1. The van der Waals surface area contributed by atoms with Crippen LogP contribution in [-0.4, -0.2) is 49.9 Å². The quantitative estimate of drug-likeness (QED) is 0.843. The zero-order chi connectivity index (χ0) is 19.0. The fraction of sp³-hybridized carbons (Fsp3) is 0.600. The van der Waals surface area contributed by atoms with Gasteiger partial charge in [-0.1, -0.05) is 25.7 Å². The number of likely N-dealkylation sites (tertiary alicyclic amines) is 1. The summed E-state index contributed by atoms with van der Waals surface area (Å²) in [6.07, 6.45) is 7.48. The Balaban J connectivity index is 1.44. The van der Waals surface area contributed by atoms with E-state index in [0.717, 1.165) is 24.2 Å². The van der Waals surface area contributed by atoms with Crippen LogP contribution in [0.2, 0.25) is 0 Å². The van der Waals surface area contributed by atoms with E-state index < -0.39 is 0 Å². The molecule has 0 radical (unpaired) electrons. The Morgan fingerprint density at radius 3 is 2.63 bits per heavy atom. The Bertz CT molecular complexity index is 867. The van der Waals surface area contributed by atoms with Crippen molar-refractivity contribution in [2.24, 2.45) is 0 Å². The lowest BCUT2D eigenvalue weighted by molar-refractivity contribution is -0.129. The average molecular weight is 369 g/mol. The number of carbonyl (C=O) groups is 2. The predicted octanol–water partition coefficient (Wildman–Crippen LogP) is 2.40. The highest BCUT2D eigenvalue weighted by molar-refractivity contribution is 5.94. The number of hydrogen-bond acceptors (Lipinski definition) is 4. The van der Waals surface area contributed by atoms with E-state index >= 15 is 0 Å². The molecule has 3 heterocycles. The molecule has 1 atom stereocenters. The van der Waals surface area contributed by atoms with Gasteiger partial charge >= 0.3 is 0 Å². The molecule has 2 amide bonds. The number of fused-ring (bicyclic) bond motifs is 1. The maximum Gasteiger partial charge on any atom is 0.270 e. The van der Waals surface area contributed by atoms with E-state index in [4.69, 9.17) is 0 Å². The smallest absolute Gasteiger partial charge is 0.270 e. The van der Waals surface area contributed by atoms with E-state index in [1.165, 1.54) is 25.7 Å². The number of nitrogens with zero attached hydrogens (tertiary/aromatic N) is 4. The molecule has 1 aliphatic carbocycles. The molecule has 27 heavy (non-hydrogen) atoms. The summed E-state index contributed by atoms with van der Waals surface area (Å²) in [5.41, 5.74) is 2.77. The molecule has 144 valence electrons. The number of aryl methyl sites for hydroxylation is 2. The van der Waals surface area contributed by atoms with Gasteiger partial charge in [-0.25, -0.2) is 9.50 Å². The van der Waals surface area contributed by atoms with Gasteiger partial charge in [-0.2, -0.15) is 5.10 Å². The van der Waals surface area contributed by atoms with Gasteiger partial charge in [0.2, 0.25) is 5.91 Å². The summed E-state index contributed by atoms with van der Waals surface area (Å²) < 4.78 is 1.74. The van der Waals surface area contributed by atoms with Gasteiger partial charge in [-0.15, -0.1) is 0 Å². The van der Waals surface area contributed by atoms with Gasteiger partial charge in [-0.05, 0) is 32.8 Å². The van der Waals surface area contributed by atoms with Crippen molar-refractivity contribution in [1.82, 2.24) is 24.8 Å². The minimum Gasteiger partial charge on any atom is -0.346 e. The van der Waals surface area contributed by atoms with E-state index in [1.54, 1.807) is 10.6 Å². The Morgan fingerprint density at radius 1 is 1.15 bits per heavy atom. The SMILES string of the molecule is Cc1cc2nc(C(=O)N[C@@H]3CC(=O)N(C4CCCCCC4)C3)cc(C)n2n1. The van der Waals surface area contributed by atoms with Crippen LogP contribution in [0, 0.1) is 13.8 Å². The molecule has 2 aliphatic rings. The third-order valence-electron chi connectivity index (χ3n) is 5.72. The van der Waals surface area contributed by atoms with Crippen molar-refractivity contribution in [3.8, 4) is 0 Å². The summed E-state index contributed by atoms with van der Waals surface area (Å²) in [4.78, 5) is 31.6. The Hall–Kier alpha value is -2.44. The van der Waals surface area contributed by atoms with Gasteiger partial charge < -0.3 is 10.2 Å². The van der Waals surface area contributed by atoms with Crippen molar-refractivity contribution in [1.29, 1.82) is 0 Å². The van der Waals surface area contributed by atoms with Crippen LogP contribution in [0.3, 0.4) is 0 Å². The number of rotatable bonds is 3. The molecule has 0 unspecified atom stereocenters. The van der Waals surface area contributed by atoms with Crippen LogP contribution >= 0.6 is 0 Å². The molecular weight excluding hydrogens is 342 g/mol. The van der Waals surface area contributed by atoms with Crippen LogP contribution in [0.1, 0.15) is 66.8 Å². The minimum absolute atomic E-state index is 0.141. The second kappa shape index (κ2) is 7.29. The van der Waals surface area contributed by atoms with Crippen molar-refractivity contribution in [3.63, 3.8) is 0 Å². The highest BCUT2D eigenvalue weighted by Crippen LogP contribution is 2.26. The minimum atomic E-state index is -0.222. The Labute approximate surface area is 159 Å². The number of aromatic nitrogens is 3. The van der Waals surface area contributed by atoms with Gasteiger partial charge in [-0.3, -0.25) is 9.59 Å². The van der Waals surface area contributed by atoms with Gasteiger partial charge in [0, 0.05) is 30.8 Å². The average Bonchev–Trinajstić information content (AvgIpc) is 3.06. The Kier molecular flexibility index (Phi) is 4.85. The number of hydrogen-bond donors (Lipinski definition) is 1. The van der Waals surface area contributed by atoms with Gasteiger partial charge in [0.25, 0.3) is 5.91 Å².